The van der Waals surface area contributed by atoms with Gasteiger partial charge in [0, 0.05) is 23.5 Å². The number of rotatable bonds is 5. The molecule has 6 nitrogen and oxygen atoms in total. The third kappa shape index (κ3) is 8.61. The highest BCUT2D eigenvalue weighted by molar-refractivity contribution is 5.88. The lowest BCUT2D eigenvalue weighted by Crippen LogP contribution is -2.26. The van der Waals surface area contributed by atoms with Gasteiger partial charge in [0.05, 0.1) is 6.54 Å². The summed E-state index contributed by atoms with van der Waals surface area (Å²) < 4.78 is 4.75. The van der Waals surface area contributed by atoms with E-state index < -0.39 is 5.97 Å². The molecular weight excluding hydrogens is 210 g/mol. The Morgan fingerprint density at radius 2 is 1.75 bits per heavy atom. The lowest BCUT2D eigenvalue weighted by Gasteiger charge is -2.03. The van der Waals surface area contributed by atoms with E-state index in [9.17, 15) is 9.59 Å². The summed E-state index contributed by atoms with van der Waals surface area (Å²) in [6.45, 7) is 3.50. The Kier molecular flexibility index (Phi) is 6.42. The first-order valence-corrected chi connectivity index (χ1v) is 4.74. The van der Waals surface area contributed by atoms with Gasteiger partial charge in [-0.3, -0.25) is 4.79 Å². The topological polar surface area (TPSA) is 107 Å². The van der Waals surface area contributed by atoms with E-state index in [1.165, 1.54) is 12.2 Å². The van der Waals surface area contributed by atoms with Crippen molar-refractivity contribution in [3.8, 4) is 0 Å². The minimum Gasteiger partial charge on any atom is -0.461 e. The lowest BCUT2D eigenvalue weighted by molar-refractivity contribution is -0.138. The first kappa shape index (κ1) is 14.0. The summed E-state index contributed by atoms with van der Waals surface area (Å²) in [6.07, 6.45) is 2.43. The van der Waals surface area contributed by atoms with Crippen molar-refractivity contribution in [3.63, 3.8) is 0 Å². The van der Waals surface area contributed by atoms with E-state index in [-0.39, 0.29) is 19.1 Å². The second kappa shape index (κ2) is 7.33. The predicted molar refractivity (Wildman–Crippen MR) is 59.9 cm³/mol. The number of nitrogens with one attached hydrogen (secondary N) is 1. The molecule has 90 valence electrons. The fourth-order valence-corrected chi connectivity index (χ4v) is 0.811. The Morgan fingerprint density at radius 3 is 2.25 bits per heavy atom. The molecule has 0 aliphatic heterocycles. The molecule has 0 saturated heterocycles. The van der Waals surface area contributed by atoms with Crippen LogP contribution in [0.15, 0.2) is 23.5 Å². The molecule has 6 heteroatoms. The Labute approximate surface area is 94.3 Å². The molecule has 0 aliphatic rings. The maximum absolute atomic E-state index is 11.0. The van der Waals surface area contributed by atoms with Gasteiger partial charge in [0.25, 0.3) is 0 Å². The third-order valence-corrected chi connectivity index (χ3v) is 1.35. The van der Waals surface area contributed by atoms with Crippen molar-refractivity contribution < 1.29 is 14.3 Å². The number of carbonyl (C=O) groups excluding carboxylic acids is 2. The monoisotopic (exact) mass is 227 g/mol. The van der Waals surface area contributed by atoms with E-state index in [0.717, 1.165) is 0 Å². The van der Waals surface area contributed by atoms with Crippen LogP contribution in [-0.4, -0.2) is 25.0 Å². The van der Waals surface area contributed by atoms with Crippen LogP contribution in [0, 0.1) is 0 Å². The van der Waals surface area contributed by atoms with E-state index in [1.807, 2.05) is 0 Å². The van der Waals surface area contributed by atoms with Crippen LogP contribution in [-0.2, 0) is 14.3 Å². The van der Waals surface area contributed by atoms with E-state index in [1.54, 1.807) is 13.8 Å². The fourth-order valence-electron chi connectivity index (χ4n) is 0.811. The van der Waals surface area contributed by atoms with E-state index in [0.29, 0.717) is 11.4 Å². The van der Waals surface area contributed by atoms with E-state index in [2.05, 4.69) is 5.32 Å². The summed E-state index contributed by atoms with van der Waals surface area (Å²) in [5.74, 6) is -0.846. The number of nitrogens with two attached hydrogens (primary N) is 2. The summed E-state index contributed by atoms with van der Waals surface area (Å²) in [5, 5.41) is 2.50. The zero-order valence-corrected chi connectivity index (χ0v) is 9.45. The number of hydrogen-bond acceptors (Lipinski definition) is 5. The Hall–Kier alpha value is -1.98. The average Bonchev–Trinajstić information content (AvgIpc) is 2.10. The molecule has 5 N–H and O–H groups in total. The van der Waals surface area contributed by atoms with Crippen LogP contribution in [0.1, 0.15) is 13.8 Å². The minimum atomic E-state index is -0.528. The van der Waals surface area contributed by atoms with Crippen molar-refractivity contribution in [1.29, 1.82) is 0 Å². The van der Waals surface area contributed by atoms with Crippen LogP contribution in [0.2, 0.25) is 0 Å². The van der Waals surface area contributed by atoms with Crippen molar-refractivity contribution in [2.24, 2.45) is 11.5 Å². The van der Waals surface area contributed by atoms with Crippen molar-refractivity contribution >= 4 is 11.9 Å². The largest absolute Gasteiger partial charge is 0.461 e. The summed E-state index contributed by atoms with van der Waals surface area (Å²) >= 11 is 0. The van der Waals surface area contributed by atoms with Crippen LogP contribution < -0.4 is 16.8 Å². The maximum atomic E-state index is 11.0. The lowest BCUT2D eigenvalue weighted by atomic mass is 10.4. The number of carbonyl (C=O) groups is 2. The summed E-state index contributed by atoms with van der Waals surface area (Å²) in [5.41, 5.74) is 11.3. The zero-order valence-electron chi connectivity index (χ0n) is 9.45. The van der Waals surface area contributed by atoms with Crippen LogP contribution in [0.3, 0.4) is 0 Å². The van der Waals surface area contributed by atoms with Crippen molar-refractivity contribution in [2.75, 3.05) is 13.2 Å². The fraction of sp³-hybridized carbons (Fsp3) is 0.400. The second-order valence-electron chi connectivity index (χ2n) is 3.24. The molecule has 0 unspecified atom stereocenters. The normalized spacial score (nSPS) is 12.1. The molecule has 1 amide bonds. The Bertz CT molecular complexity index is 281. The van der Waals surface area contributed by atoms with Gasteiger partial charge in [-0.2, -0.15) is 0 Å². The van der Waals surface area contributed by atoms with Gasteiger partial charge in [0.15, 0.2) is 0 Å². The maximum Gasteiger partial charge on any atom is 0.332 e. The number of ether oxygens (including phenoxy) is 1. The molecule has 0 radical (unpaired) electrons. The van der Waals surface area contributed by atoms with Crippen molar-refractivity contribution in [3.05, 3.63) is 23.5 Å². The highest BCUT2D eigenvalue weighted by Gasteiger charge is 1.99. The van der Waals surface area contributed by atoms with Gasteiger partial charge >= 0.3 is 5.97 Å². The van der Waals surface area contributed by atoms with Gasteiger partial charge in [-0.25, -0.2) is 4.79 Å². The molecule has 0 aliphatic carbocycles. The van der Waals surface area contributed by atoms with Crippen LogP contribution in [0.5, 0.6) is 0 Å². The van der Waals surface area contributed by atoms with Crippen LogP contribution >= 0.6 is 0 Å². The van der Waals surface area contributed by atoms with Gasteiger partial charge in [-0.1, -0.05) is 0 Å². The van der Waals surface area contributed by atoms with Gasteiger partial charge in [-0.05, 0) is 13.8 Å². The van der Waals surface area contributed by atoms with Crippen LogP contribution in [0.25, 0.3) is 0 Å². The Morgan fingerprint density at radius 1 is 1.19 bits per heavy atom. The molecule has 0 rings (SSSR count). The molecule has 0 heterocycles. The van der Waals surface area contributed by atoms with E-state index >= 15 is 0 Å². The first-order valence-electron chi connectivity index (χ1n) is 4.74. The third-order valence-electron chi connectivity index (χ3n) is 1.35. The zero-order chi connectivity index (χ0) is 12.6. The highest BCUT2D eigenvalue weighted by Crippen LogP contribution is 1.85. The predicted octanol–water partition coefficient (Wildman–Crippen LogP) is -0.629. The number of hydrogen-bond donors (Lipinski definition) is 3. The molecular formula is C10H17N3O3. The highest BCUT2D eigenvalue weighted by atomic mass is 16.5. The number of amides is 1. The van der Waals surface area contributed by atoms with E-state index in [4.69, 9.17) is 16.2 Å². The average molecular weight is 227 g/mol. The SMILES string of the molecule is C/C(N)=C/C(=O)NCCOC(=O)/C=C(/C)N. The van der Waals surface area contributed by atoms with Crippen LogP contribution in [0.4, 0.5) is 0 Å². The number of allylic oxidation sites excluding steroid dienone is 2. The Balaban J connectivity index is 3.69. The molecule has 0 saturated carbocycles. The molecule has 0 spiro atoms. The molecule has 0 bridgehead atoms. The van der Waals surface area contributed by atoms with Crippen molar-refractivity contribution in [2.45, 2.75) is 13.8 Å². The minimum absolute atomic E-state index is 0.0891. The molecule has 0 aromatic heterocycles. The van der Waals surface area contributed by atoms with Gasteiger partial charge < -0.3 is 21.5 Å². The first-order chi connectivity index (χ1) is 7.41. The molecule has 0 aromatic rings. The quantitative estimate of drug-likeness (QED) is 0.329. The molecule has 16 heavy (non-hydrogen) atoms. The molecule has 0 fully saturated rings. The number of esters is 1. The van der Waals surface area contributed by atoms with Gasteiger partial charge in [0.1, 0.15) is 6.61 Å². The summed E-state index contributed by atoms with van der Waals surface area (Å²) in [6, 6.07) is 0. The summed E-state index contributed by atoms with van der Waals surface area (Å²) in [4.78, 5) is 22.0. The standard InChI is InChI=1S/C10H17N3O3/c1-7(11)5-9(14)13-3-4-16-10(15)6-8(2)12/h5-6H,3-4,11-12H2,1-2H3,(H,13,14)/b7-5-,8-6-. The molecule has 0 aromatic carbocycles. The molecule has 0 atom stereocenters. The second-order valence-corrected chi connectivity index (χ2v) is 3.24. The smallest absolute Gasteiger partial charge is 0.332 e. The van der Waals surface area contributed by atoms with Crippen molar-refractivity contribution in [1.82, 2.24) is 5.32 Å². The van der Waals surface area contributed by atoms with Gasteiger partial charge in [0.2, 0.25) is 5.91 Å². The van der Waals surface area contributed by atoms with Gasteiger partial charge in [-0.15, -0.1) is 0 Å². The summed E-state index contributed by atoms with van der Waals surface area (Å²) in [7, 11) is 0.